The summed E-state index contributed by atoms with van der Waals surface area (Å²) in [5.41, 5.74) is 5.30. The van der Waals surface area contributed by atoms with Crippen LogP contribution in [0.25, 0.3) is 22.5 Å². The molecule has 0 aliphatic rings. The van der Waals surface area contributed by atoms with Crippen LogP contribution in [0, 0.1) is 0 Å². The van der Waals surface area contributed by atoms with Gasteiger partial charge < -0.3 is 15.5 Å². The van der Waals surface area contributed by atoms with Gasteiger partial charge in [-0.2, -0.15) is 0 Å². The molecular weight excluding hydrogens is 466 g/mol. The first kappa shape index (κ1) is 25.6. The Bertz CT molecular complexity index is 1370. The minimum absolute atomic E-state index is 0.0366. The average Bonchev–Trinajstić information content (AvgIpc) is 2.89. The molecule has 1 amide bonds. The molecule has 0 saturated heterocycles. The number of aliphatic carboxylic acids is 1. The highest BCUT2D eigenvalue weighted by Gasteiger charge is 2.22. The third-order valence-electron chi connectivity index (χ3n) is 6.13. The van der Waals surface area contributed by atoms with E-state index in [1.807, 2.05) is 48.5 Å². The zero-order valence-corrected chi connectivity index (χ0v) is 21.0. The number of hydrogen-bond donors (Lipinski definition) is 3. The van der Waals surface area contributed by atoms with Crippen LogP contribution < -0.4 is 5.32 Å². The molecule has 0 radical (unpaired) electrons. The molecule has 188 valence electrons. The number of carbonyl (C=O) groups excluding carboxylic acids is 1. The molecular formula is C30H29N3O4. The molecule has 0 bridgehead atoms. The Kier molecular flexibility index (Phi) is 7.34. The average molecular weight is 496 g/mol. The smallest absolute Gasteiger partial charge is 0.326 e. The second-order valence-electron chi connectivity index (χ2n) is 9.94. The number of phenolic OH excluding ortho intramolecular Hbond substituents is 1. The zero-order valence-electron chi connectivity index (χ0n) is 21.0. The summed E-state index contributed by atoms with van der Waals surface area (Å²) < 4.78 is 0. The molecule has 4 aromatic rings. The summed E-state index contributed by atoms with van der Waals surface area (Å²) in [5, 5.41) is 30.3. The van der Waals surface area contributed by atoms with Gasteiger partial charge in [-0.25, -0.2) is 4.79 Å². The van der Waals surface area contributed by atoms with Crippen molar-refractivity contribution in [1.82, 2.24) is 15.5 Å². The van der Waals surface area contributed by atoms with E-state index in [2.05, 4.69) is 36.3 Å². The molecule has 4 rings (SSSR count). The third-order valence-corrected chi connectivity index (χ3v) is 6.13. The molecule has 1 aromatic heterocycles. The van der Waals surface area contributed by atoms with Gasteiger partial charge in [-0.3, -0.25) is 4.79 Å². The van der Waals surface area contributed by atoms with Gasteiger partial charge >= 0.3 is 5.97 Å². The fraction of sp³-hybridized carbons (Fsp3) is 0.200. The largest absolute Gasteiger partial charge is 0.508 e. The zero-order chi connectivity index (χ0) is 26.6. The van der Waals surface area contributed by atoms with Crippen molar-refractivity contribution in [3.8, 4) is 28.3 Å². The van der Waals surface area contributed by atoms with E-state index < -0.39 is 17.9 Å². The lowest BCUT2D eigenvalue weighted by molar-refractivity contribution is -0.139. The first-order chi connectivity index (χ1) is 17.6. The molecule has 0 unspecified atom stereocenters. The highest BCUT2D eigenvalue weighted by molar-refractivity contribution is 5.96. The number of benzene rings is 3. The standard InChI is InChI=1S/C30H29N3O4/c1-30(2,3)23-12-8-22(9-13-23)28(35)31-27(29(36)37)18-19-4-6-20(7-5-19)25-16-17-26(33-32-25)21-10-14-24(34)15-11-21/h4-17,27,34H,18H2,1-3H3,(H,31,35)(H,36,37)/t27-/m0/s1. The van der Waals surface area contributed by atoms with Gasteiger partial charge in [0.15, 0.2) is 0 Å². The van der Waals surface area contributed by atoms with Crippen LogP contribution in [0.1, 0.15) is 42.3 Å². The molecule has 0 aliphatic heterocycles. The van der Waals surface area contributed by atoms with E-state index in [0.717, 1.165) is 22.3 Å². The molecule has 3 aromatic carbocycles. The van der Waals surface area contributed by atoms with E-state index >= 15 is 0 Å². The Morgan fingerprint density at radius 1 is 0.784 bits per heavy atom. The number of nitrogens with one attached hydrogen (secondary N) is 1. The molecule has 0 aliphatic carbocycles. The van der Waals surface area contributed by atoms with E-state index in [1.54, 1.807) is 36.4 Å². The quantitative estimate of drug-likeness (QED) is 0.323. The summed E-state index contributed by atoms with van der Waals surface area (Å²) in [7, 11) is 0. The van der Waals surface area contributed by atoms with Crippen molar-refractivity contribution in [3.63, 3.8) is 0 Å². The Morgan fingerprint density at radius 2 is 1.30 bits per heavy atom. The van der Waals surface area contributed by atoms with Gasteiger partial charge in [0.25, 0.3) is 5.91 Å². The van der Waals surface area contributed by atoms with Crippen LogP contribution >= 0.6 is 0 Å². The van der Waals surface area contributed by atoms with Crippen LogP contribution in [0.3, 0.4) is 0 Å². The van der Waals surface area contributed by atoms with Crippen molar-refractivity contribution in [3.05, 3.63) is 102 Å². The molecule has 0 saturated carbocycles. The van der Waals surface area contributed by atoms with Crippen molar-refractivity contribution in [1.29, 1.82) is 0 Å². The summed E-state index contributed by atoms with van der Waals surface area (Å²) in [4.78, 5) is 24.6. The van der Waals surface area contributed by atoms with Gasteiger partial charge in [0, 0.05) is 23.1 Å². The number of carboxylic acid groups (broad SMARTS) is 1. The predicted molar refractivity (Wildman–Crippen MR) is 142 cm³/mol. The van der Waals surface area contributed by atoms with Crippen LogP contribution in [0.5, 0.6) is 5.75 Å². The third kappa shape index (κ3) is 6.38. The highest BCUT2D eigenvalue weighted by atomic mass is 16.4. The number of nitrogens with zero attached hydrogens (tertiary/aromatic N) is 2. The van der Waals surface area contributed by atoms with Gasteiger partial charge in [0.05, 0.1) is 11.4 Å². The number of aromatic hydroxyl groups is 1. The monoisotopic (exact) mass is 495 g/mol. The Morgan fingerprint density at radius 3 is 1.76 bits per heavy atom. The van der Waals surface area contributed by atoms with Crippen LogP contribution in [-0.4, -0.2) is 38.3 Å². The molecule has 1 heterocycles. The fourth-order valence-electron chi connectivity index (χ4n) is 3.88. The number of phenols is 1. The maximum absolute atomic E-state index is 12.7. The lowest BCUT2D eigenvalue weighted by Crippen LogP contribution is -2.42. The summed E-state index contributed by atoms with van der Waals surface area (Å²) in [6.07, 6.45) is 0.146. The van der Waals surface area contributed by atoms with Crippen molar-refractivity contribution in [2.45, 2.75) is 38.6 Å². The molecule has 0 fully saturated rings. The second-order valence-corrected chi connectivity index (χ2v) is 9.94. The molecule has 0 spiro atoms. The normalized spacial score (nSPS) is 12.1. The molecule has 7 nitrogen and oxygen atoms in total. The summed E-state index contributed by atoms with van der Waals surface area (Å²) in [5.74, 6) is -1.33. The Hall–Kier alpha value is -4.52. The van der Waals surface area contributed by atoms with Crippen LogP contribution in [-0.2, 0) is 16.6 Å². The lowest BCUT2D eigenvalue weighted by atomic mass is 9.86. The van der Waals surface area contributed by atoms with Crippen molar-refractivity contribution in [2.24, 2.45) is 0 Å². The van der Waals surface area contributed by atoms with E-state index in [9.17, 15) is 19.8 Å². The van der Waals surface area contributed by atoms with E-state index in [-0.39, 0.29) is 17.6 Å². The van der Waals surface area contributed by atoms with Crippen LogP contribution in [0.4, 0.5) is 0 Å². The number of rotatable bonds is 7. The van der Waals surface area contributed by atoms with Crippen molar-refractivity contribution >= 4 is 11.9 Å². The summed E-state index contributed by atoms with van der Waals surface area (Å²) in [6, 6.07) is 24.0. The number of carboxylic acids is 1. The fourth-order valence-corrected chi connectivity index (χ4v) is 3.88. The van der Waals surface area contributed by atoms with Crippen LogP contribution in [0.2, 0.25) is 0 Å². The van der Waals surface area contributed by atoms with Gasteiger partial charge in [-0.1, -0.05) is 57.2 Å². The molecule has 7 heteroatoms. The number of amides is 1. The number of hydrogen-bond acceptors (Lipinski definition) is 5. The molecule has 1 atom stereocenters. The second kappa shape index (κ2) is 10.6. The Labute approximate surface area is 215 Å². The van der Waals surface area contributed by atoms with E-state index in [0.29, 0.717) is 17.0 Å². The number of carbonyl (C=O) groups is 2. The van der Waals surface area contributed by atoms with Crippen LogP contribution in [0.15, 0.2) is 84.9 Å². The topological polar surface area (TPSA) is 112 Å². The first-order valence-corrected chi connectivity index (χ1v) is 12.0. The first-order valence-electron chi connectivity index (χ1n) is 12.0. The lowest BCUT2D eigenvalue weighted by Gasteiger charge is -2.19. The summed E-state index contributed by atoms with van der Waals surface area (Å²) >= 11 is 0. The van der Waals surface area contributed by atoms with E-state index in [4.69, 9.17) is 0 Å². The molecule has 37 heavy (non-hydrogen) atoms. The van der Waals surface area contributed by atoms with Gasteiger partial charge in [-0.05, 0) is 65.1 Å². The predicted octanol–water partition coefficient (Wildman–Crippen LogP) is 5.24. The maximum atomic E-state index is 12.7. The SMILES string of the molecule is CC(C)(C)c1ccc(C(=O)N[C@@H](Cc2ccc(-c3ccc(-c4ccc(O)cc4)nn3)cc2)C(=O)O)cc1. The number of aromatic nitrogens is 2. The van der Waals surface area contributed by atoms with E-state index in [1.165, 1.54) is 0 Å². The van der Waals surface area contributed by atoms with Gasteiger partial charge in [0.2, 0.25) is 0 Å². The summed E-state index contributed by atoms with van der Waals surface area (Å²) in [6.45, 7) is 6.27. The van der Waals surface area contributed by atoms with Crippen molar-refractivity contribution < 1.29 is 19.8 Å². The minimum Gasteiger partial charge on any atom is -0.508 e. The van der Waals surface area contributed by atoms with Gasteiger partial charge in [-0.15, -0.1) is 10.2 Å². The van der Waals surface area contributed by atoms with Gasteiger partial charge in [0.1, 0.15) is 11.8 Å². The maximum Gasteiger partial charge on any atom is 0.326 e. The van der Waals surface area contributed by atoms with Crippen molar-refractivity contribution in [2.75, 3.05) is 0 Å². The molecule has 3 N–H and O–H groups in total. The Balaban J connectivity index is 1.42. The minimum atomic E-state index is -1.10. The highest BCUT2D eigenvalue weighted by Crippen LogP contribution is 2.24.